The van der Waals surface area contributed by atoms with Gasteiger partial charge in [-0.05, 0) is 69.9 Å². The Bertz CT molecular complexity index is 853. The molecule has 1 unspecified atom stereocenters. The van der Waals surface area contributed by atoms with Gasteiger partial charge < -0.3 is 23.8 Å². The molecule has 0 amide bonds. The molecule has 344 valence electrons. The molecule has 0 radical (unpaired) electrons. The van der Waals surface area contributed by atoms with Gasteiger partial charge in [-0.3, -0.25) is 9.59 Å². The molecule has 0 aliphatic carbocycles. The van der Waals surface area contributed by atoms with E-state index in [2.05, 4.69) is 46.4 Å². The fourth-order valence-corrected chi connectivity index (χ4v) is 8.77. The SMILES string of the molecule is CCCCC(CCCC)CCOC(=O)CCCCCCCCCC1(CCCCCCCCCC(=O)OCCC(CCCC)CCCC)OCC(CCN(CC)CC)O1. The summed E-state index contributed by atoms with van der Waals surface area (Å²) in [6.45, 7) is 18.7. The molecule has 1 rings (SSSR count). The zero-order chi connectivity index (χ0) is 42.4. The summed E-state index contributed by atoms with van der Waals surface area (Å²) in [6, 6.07) is 0. The zero-order valence-corrected chi connectivity index (χ0v) is 39.7. The van der Waals surface area contributed by atoms with Gasteiger partial charge in [-0.25, -0.2) is 0 Å². The predicted octanol–water partition coefficient (Wildman–Crippen LogP) is 14.7. The third kappa shape index (κ3) is 29.9. The molecule has 7 heteroatoms. The van der Waals surface area contributed by atoms with Crippen molar-refractivity contribution in [2.24, 2.45) is 11.8 Å². The van der Waals surface area contributed by atoms with E-state index in [0.29, 0.717) is 37.9 Å². The monoisotopic (exact) mass is 822 g/mol. The van der Waals surface area contributed by atoms with Gasteiger partial charge in [0, 0.05) is 32.2 Å². The molecule has 0 N–H and O–H groups in total. The van der Waals surface area contributed by atoms with Crippen LogP contribution in [0.1, 0.15) is 253 Å². The Kier molecular flexibility index (Phi) is 36.6. The van der Waals surface area contributed by atoms with Gasteiger partial charge in [0.15, 0.2) is 5.79 Å². The number of carbonyl (C=O) groups is 2. The molecular weight excluding hydrogens is 723 g/mol. The summed E-state index contributed by atoms with van der Waals surface area (Å²) >= 11 is 0. The second-order valence-electron chi connectivity index (χ2n) is 18.0. The molecule has 0 aromatic heterocycles. The van der Waals surface area contributed by atoms with Crippen molar-refractivity contribution < 1.29 is 28.5 Å². The molecule has 1 heterocycles. The number of unbranched alkanes of at least 4 members (excludes halogenated alkanes) is 16. The lowest BCUT2D eigenvalue weighted by Crippen LogP contribution is -2.32. The van der Waals surface area contributed by atoms with Gasteiger partial charge in [0.25, 0.3) is 0 Å². The zero-order valence-electron chi connectivity index (χ0n) is 39.7. The lowest BCUT2D eigenvalue weighted by molar-refractivity contribution is -0.180. The lowest BCUT2D eigenvalue weighted by Gasteiger charge is -2.29. The summed E-state index contributed by atoms with van der Waals surface area (Å²) in [5, 5.41) is 0. The molecule has 1 atom stereocenters. The average Bonchev–Trinajstić information content (AvgIpc) is 3.64. The van der Waals surface area contributed by atoms with Crippen LogP contribution in [-0.4, -0.2) is 68.2 Å². The van der Waals surface area contributed by atoms with Crippen LogP contribution in [0.3, 0.4) is 0 Å². The Hall–Kier alpha value is -1.18. The Morgan fingerprint density at radius 1 is 0.534 bits per heavy atom. The highest BCUT2D eigenvalue weighted by molar-refractivity contribution is 5.69. The minimum atomic E-state index is -0.410. The van der Waals surface area contributed by atoms with Crippen LogP contribution in [0.5, 0.6) is 0 Å². The molecule has 0 spiro atoms. The first kappa shape index (κ1) is 54.8. The molecule has 0 aromatic rings. The fraction of sp³-hybridized carbons (Fsp3) is 0.961. The molecule has 0 bridgehead atoms. The van der Waals surface area contributed by atoms with E-state index in [9.17, 15) is 9.59 Å². The largest absolute Gasteiger partial charge is 0.466 e. The number of hydrogen-bond acceptors (Lipinski definition) is 7. The van der Waals surface area contributed by atoms with Crippen LogP contribution < -0.4 is 0 Å². The third-order valence-electron chi connectivity index (χ3n) is 12.9. The van der Waals surface area contributed by atoms with Crippen LogP contribution in [0.25, 0.3) is 0 Å². The first-order valence-electron chi connectivity index (χ1n) is 25.7. The van der Waals surface area contributed by atoms with Gasteiger partial charge in [-0.1, -0.05) is 183 Å². The minimum Gasteiger partial charge on any atom is -0.466 e. The lowest BCUT2D eigenvalue weighted by atomic mass is 9.93. The van der Waals surface area contributed by atoms with Crippen LogP contribution in [0.15, 0.2) is 0 Å². The van der Waals surface area contributed by atoms with E-state index < -0.39 is 5.79 Å². The number of esters is 2. The Morgan fingerprint density at radius 2 is 0.914 bits per heavy atom. The summed E-state index contributed by atoms with van der Waals surface area (Å²) in [6.07, 6.45) is 37.8. The maximum Gasteiger partial charge on any atom is 0.305 e. The van der Waals surface area contributed by atoms with Gasteiger partial charge in [-0.15, -0.1) is 0 Å². The van der Waals surface area contributed by atoms with Gasteiger partial charge in [0.2, 0.25) is 0 Å². The first-order valence-corrected chi connectivity index (χ1v) is 25.7. The number of carbonyl (C=O) groups excluding carboxylic acids is 2. The van der Waals surface area contributed by atoms with Gasteiger partial charge >= 0.3 is 11.9 Å². The van der Waals surface area contributed by atoms with Crippen LogP contribution in [-0.2, 0) is 28.5 Å². The number of nitrogens with zero attached hydrogens (tertiary/aromatic N) is 1. The van der Waals surface area contributed by atoms with Gasteiger partial charge in [-0.2, -0.15) is 0 Å². The highest BCUT2D eigenvalue weighted by atomic mass is 16.7. The van der Waals surface area contributed by atoms with Gasteiger partial charge in [0.05, 0.1) is 25.9 Å². The van der Waals surface area contributed by atoms with Crippen LogP contribution >= 0.6 is 0 Å². The molecule has 58 heavy (non-hydrogen) atoms. The Morgan fingerprint density at radius 3 is 1.29 bits per heavy atom. The number of ether oxygens (including phenoxy) is 4. The van der Waals surface area contributed by atoms with E-state index in [1.54, 1.807) is 0 Å². The molecule has 1 saturated heterocycles. The normalized spacial score (nSPS) is 15.3. The summed E-state index contributed by atoms with van der Waals surface area (Å²) in [5.74, 6) is 1.00. The summed E-state index contributed by atoms with van der Waals surface area (Å²) < 4.78 is 24.5. The highest BCUT2D eigenvalue weighted by Gasteiger charge is 2.40. The van der Waals surface area contributed by atoms with E-state index in [4.69, 9.17) is 18.9 Å². The smallest absolute Gasteiger partial charge is 0.305 e. The van der Waals surface area contributed by atoms with Crippen molar-refractivity contribution in [2.75, 3.05) is 39.5 Å². The van der Waals surface area contributed by atoms with Crippen molar-refractivity contribution in [3.05, 3.63) is 0 Å². The van der Waals surface area contributed by atoms with Crippen molar-refractivity contribution in [3.63, 3.8) is 0 Å². The maximum atomic E-state index is 12.3. The summed E-state index contributed by atoms with van der Waals surface area (Å²) in [7, 11) is 0. The third-order valence-corrected chi connectivity index (χ3v) is 12.9. The number of rotatable bonds is 43. The second kappa shape index (κ2) is 38.7. The van der Waals surface area contributed by atoms with E-state index >= 15 is 0 Å². The Balaban J connectivity index is 2.28. The molecule has 1 aliphatic heterocycles. The van der Waals surface area contributed by atoms with Crippen LogP contribution in [0.4, 0.5) is 0 Å². The molecule has 7 nitrogen and oxygen atoms in total. The molecular formula is C51H99NO6. The van der Waals surface area contributed by atoms with E-state index in [-0.39, 0.29) is 18.0 Å². The van der Waals surface area contributed by atoms with Crippen molar-refractivity contribution in [2.45, 2.75) is 265 Å². The van der Waals surface area contributed by atoms with Crippen molar-refractivity contribution in [1.29, 1.82) is 0 Å². The first-order chi connectivity index (χ1) is 28.3. The fourth-order valence-electron chi connectivity index (χ4n) is 8.77. The van der Waals surface area contributed by atoms with E-state index in [0.717, 1.165) is 96.9 Å². The highest BCUT2D eigenvalue weighted by Crippen LogP contribution is 2.36. The standard InChI is InChI=1S/C51H99NO6/c1-7-13-31-46(32-14-8-2)38-43-55-49(53)35-27-23-19-17-21-25-29-40-51(57-45-48(58-51)37-42-52(11-5)12-6)41-30-26-22-18-20-24-28-36-50(54)56-44-39-47(33-15-9-3)34-16-10-4/h46-48H,7-45H2,1-6H3. The minimum absolute atomic E-state index is 0.00447. The summed E-state index contributed by atoms with van der Waals surface area (Å²) in [4.78, 5) is 27.1. The van der Waals surface area contributed by atoms with Crippen LogP contribution in [0, 0.1) is 11.8 Å². The average molecular weight is 822 g/mol. The van der Waals surface area contributed by atoms with Gasteiger partial charge in [0.1, 0.15) is 0 Å². The van der Waals surface area contributed by atoms with E-state index in [1.165, 1.54) is 128 Å². The van der Waals surface area contributed by atoms with Crippen molar-refractivity contribution in [1.82, 2.24) is 4.90 Å². The summed E-state index contributed by atoms with van der Waals surface area (Å²) in [5.41, 5.74) is 0. The predicted molar refractivity (Wildman–Crippen MR) is 245 cm³/mol. The molecule has 1 fully saturated rings. The number of hydrogen-bond donors (Lipinski definition) is 0. The van der Waals surface area contributed by atoms with Crippen molar-refractivity contribution >= 4 is 11.9 Å². The quantitative estimate of drug-likeness (QED) is 0.0448. The van der Waals surface area contributed by atoms with Crippen LogP contribution in [0.2, 0.25) is 0 Å². The van der Waals surface area contributed by atoms with Crippen molar-refractivity contribution in [3.8, 4) is 0 Å². The molecule has 0 saturated carbocycles. The second-order valence-corrected chi connectivity index (χ2v) is 18.0. The molecule has 0 aromatic carbocycles. The maximum absolute atomic E-state index is 12.3. The Labute approximate surface area is 361 Å². The molecule has 1 aliphatic rings. The topological polar surface area (TPSA) is 74.3 Å². The van der Waals surface area contributed by atoms with E-state index in [1.807, 2.05) is 0 Å².